The molecule has 2 aromatic rings. The van der Waals surface area contributed by atoms with E-state index in [1.54, 1.807) is 0 Å². The minimum atomic E-state index is -0.158. The average Bonchev–Trinajstić information content (AvgIpc) is 2.47. The number of aromatic hydroxyl groups is 2. The predicted octanol–water partition coefficient (Wildman–Crippen LogP) is 0.617. The molecule has 0 spiro atoms. The topological polar surface area (TPSA) is 81.6 Å². The fraction of sp³-hybridized carbons (Fsp3) is 0. The Morgan fingerprint density at radius 2 is 2.23 bits per heavy atom. The first-order chi connectivity index (χ1) is 6.22. The first kappa shape index (κ1) is 7.43. The van der Waals surface area contributed by atoms with Gasteiger partial charge in [0.1, 0.15) is 28.6 Å². The van der Waals surface area contributed by atoms with Crippen molar-refractivity contribution in [2.24, 2.45) is 0 Å². The first-order valence-corrected chi connectivity index (χ1v) is 3.52. The van der Waals surface area contributed by atoms with Gasteiger partial charge in [0.25, 0.3) is 0 Å². The van der Waals surface area contributed by atoms with Crippen molar-refractivity contribution in [1.82, 2.24) is 9.61 Å². The monoisotopic (exact) mass is 175 g/mol. The molecule has 0 aliphatic carbocycles. The van der Waals surface area contributed by atoms with E-state index in [4.69, 9.17) is 10.4 Å². The van der Waals surface area contributed by atoms with E-state index in [-0.39, 0.29) is 17.1 Å². The highest BCUT2D eigenvalue weighted by Crippen LogP contribution is 2.25. The van der Waals surface area contributed by atoms with Crippen LogP contribution in [0.2, 0.25) is 0 Å². The SMILES string of the molecule is N#Cc1cnn2cc(O)cc(O)c12. The number of rotatable bonds is 0. The second kappa shape index (κ2) is 2.38. The standard InChI is InChI=1S/C8H5N3O2/c9-2-5-3-10-11-4-6(12)1-7(13)8(5)11/h1,3-4,12-13H. The fourth-order valence-corrected chi connectivity index (χ4v) is 1.17. The molecule has 13 heavy (non-hydrogen) atoms. The number of nitriles is 1. The summed E-state index contributed by atoms with van der Waals surface area (Å²) in [6, 6.07) is 3.05. The van der Waals surface area contributed by atoms with Gasteiger partial charge in [0.15, 0.2) is 0 Å². The van der Waals surface area contributed by atoms with Gasteiger partial charge in [0.2, 0.25) is 0 Å². The molecule has 2 rings (SSSR count). The second-order valence-corrected chi connectivity index (χ2v) is 2.55. The van der Waals surface area contributed by atoms with Gasteiger partial charge in [0, 0.05) is 6.07 Å². The molecule has 0 atom stereocenters. The van der Waals surface area contributed by atoms with E-state index in [0.717, 1.165) is 6.07 Å². The summed E-state index contributed by atoms with van der Waals surface area (Å²) in [5, 5.41) is 30.9. The van der Waals surface area contributed by atoms with Crippen molar-refractivity contribution in [3.8, 4) is 17.6 Å². The van der Waals surface area contributed by atoms with Crippen molar-refractivity contribution in [2.45, 2.75) is 0 Å². The van der Waals surface area contributed by atoms with Crippen LogP contribution in [0.5, 0.6) is 11.5 Å². The lowest BCUT2D eigenvalue weighted by molar-refractivity contribution is 0.447. The zero-order valence-corrected chi connectivity index (χ0v) is 6.47. The summed E-state index contributed by atoms with van der Waals surface area (Å²) in [6.07, 6.45) is 2.64. The average molecular weight is 175 g/mol. The van der Waals surface area contributed by atoms with Crippen LogP contribution in [0, 0.1) is 11.3 Å². The number of hydrogen-bond donors (Lipinski definition) is 2. The maximum atomic E-state index is 9.38. The summed E-state index contributed by atoms with van der Waals surface area (Å²) in [5.74, 6) is -0.258. The number of fused-ring (bicyclic) bond motifs is 1. The van der Waals surface area contributed by atoms with Crippen molar-refractivity contribution in [1.29, 1.82) is 5.26 Å². The maximum Gasteiger partial charge on any atom is 0.146 e. The van der Waals surface area contributed by atoms with Gasteiger partial charge in [0.05, 0.1) is 12.4 Å². The zero-order valence-electron chi connectivity index (χ0n) is 6.47. The van der Waals surface area contributed by atoms with Crippen molar-refractivity contribution < 1.29 is 10.2 Å². The van der Waals surface area contributed by atoms with Crippen molar-refractivity contribution in [3.63, 3.8) is 0 Å². The lowest BCUT2D eigenvalue weighted by Gasteiger charge is -1.97. The van der Waals surface area contributed by atoms with Gasteiger partial charge in [-0.25, -0.2) is 4.52 Å². The summed E-state index contributed by atoms with van der Waals surface area (Å²) < 4.78 is 1.25. The Morgan fingerprint density at radius 1 is 1.46 bits per heavy atom. The Balaban J connectivity index is 2.92. The van der Waals surface area contributed by atoms with E-state index in [1.807, 2.05) is 6.07 Å². The van der Waals surface area contributed by atoms with Gasteiger partial charge in [-0.3, -0.25) is 0 Å². The predicted molar refractivity (Wildman–Crippen MR) is 43.2 cm³/mol. The quantitative estimate of drug-likeness (QED) is 0.614. The molecule has 2 aromatic heterocycles. The van der Waals surface area contributed by atoms with E-state index in [2.05, 4.69) is 5.10 Å². The van der Waals surface area contributed by atoms with E-state index in [0.29, 0.717) is 5.52 Å². The van der Waals surface area contributed by atoms with Gasteiger partial charge in [-0.2, -0.15) is 10.4 Å². The molecule has 0 unspecified atom stereocenters. The van der Waals surface area contributed by atoms with E-state index in [1.165, 1.54) is 16.9 Å². The first-order valence-electron chi connectivity index (χ1n) is 3.52. The molecule has 2 heterocycles. The summed E-state index contributed by atoms with van der Waals surface area (Å²) in [5.41, 5.74) is 0.581. The molecule has 0 aliphatic rings. The maximum absolute atomic E-state index is 9.38. The summed E-state index contributed by atoms with van der Waals surface area (Å²) in [7, 11) is 0. The van der Waals surface area contributed by atoms with Gasteiger partial charge in [-0.05, 0) is 0 Å². The molecule has 5 nitrogen and oxygen atoms in total. The third-order valence-electron chi connectivity index (χ3n) is 1.70. The van der Waals surface area contributed by atoms with E-state index in [9.17, 15) is 5.11 Å². The lowest BCUT2D eigenvalue weighted by Crippen LogP contribution is -1.86. The van der Waals surface area contributed by atoms with E-state index < -0.39 is 0 Å². The molecule has 0 saturated heterocycles. The molecule has 0 aliphatic heterocycles. The molecule has 0 saturated carbocycles. The third kappa shape index (κ3) is 0.964. The van der Waals surface area contributed by atoms with Crippen LogP contribution in [0.4, 0.5) is 0 Å². The Morgan fingerprint density at radius 3 is 2.92 bits per heavy atom. The highest BCUT2D eigenvalue weighted by molar-refractivity contribution is 5.69. The summed E-state index contributed by atoms with van der Waals surface area (Å²) >= 11 is 0. The van der Waals surface area contributed by atoms with Gasteiger partial charge >= 0.3 is 0 Å². The van der Waals surface area contributed by atoms with Crippen LogP contribution >= 0.6 is 0 Å². The molecule has 5 heteroatoms. The molecule has 0 fully saturated rings. The smallest absolute Gasteiger partial charge is 0.146 e. The van der Waals surface area contributed by atoms with Crippen LogP contribution in [-0.2, 0) is 0 Å². The Bertz CT molecular complexity index is 510. The Hall–Kier alpha value is -2.22. The number of pyridine rings is 1. The van der Waals surface area contributed by atoms with Gasteiger partial charge < -0.3 is 10.2 Å². The van der Waals surface area contributed by atoms with Crippen LogP contribution in [-0.4, -0.2) is 19.8 Å². The zero-order chi connectivity index (χ0) is 9.42. The third-order valence-corrected chi connectivity index (χ3v) is 1.70. The van der Waals surface area contributed by atoms with Crippen molar-refractivity contribution in [2.75, 3.05) is 0 Å². The van der Waals surface area contributed by atoms with Crippen LogP contribution in [0.25, 0.3) is 5.52 Å². The largest absolute Gasteiger partial charge is 0.506 e. The van der Waals surface area contributed by atoms with E-state index >= 15 is 0 Å². The summed E-state index contributed by atoms with van der Waals surface area (Å²) in [6.45, 7) is 0. The normalized spacial score (nSPS) is 10.1. The van der Waals surface area contributed by atoms with Gasteiger partial charge in [-0.1, -0.05) is 0 Å². The highest BCUT2D eigenvalue weighted by Gasteiger charge is 2.08. The van der Waals surface area contributed by atoms with Crippen LogP contribution in [0.15, 0.2) is 18.5 Å². The van der Waals surface area contributed by atoms with Crippen molar-refractivity contribution in [3.05, 3.63) is 24.0 Å². The molecule has 0 aromatic carbocycles. The van der Waals surface area contributed by atoms with Crippen LogP contribution < -0.4 is 0 Å². The number of nitrogens with zero attached hydrogens (tertiary/aromatic N) is 3. The Kier molecular flexibility index (Phi) is 1.36. The van der Waals surface area contributed by atoms with Crippen molar-refractivity contribution >= 4 is 5.52 Å². The molecule has 64 valence electrons. The Labute approximate surface area is 73.1 Å². The fourth-order valence-electron chi connectivity index (χ4n) is 1.17. The van der Waals surface area contributed by atoms with Gasteiger partial charge in [-0.15, -0.1) is 0 Å². The molecular formula is C8H5N3O2. The number of hydrogen-bond acceptors (Lipinski definition) is 4. The van der Waals surface area contributed by atoms with Crippen LogP contribution in [0.1, 0.15) is 5.56 Å². The lowest BCUT2D eigenvalue weighted by atomic mass is 10.2. The highest BCUT2D eigenvalue weighted by atomic mass is 16.3. The molecular weight excluding hydrogens is 170 g/mol. The van der Waals surface area contributed by atoms with Crippen LogP contribution in [0.3, 0.4) is 0 Å². The minimum Gasteiger partial charge on any atom is -0.506 e. The molecule has 2 N–H and O–H groups in total. The number of aromatic nitrogens is 2. The summed E-state index contributed by atoms with van der Waals surface area (Å²) in [4.78, 5) is 0. The second-order valence-electron chi connectivity index (χ2n) is 2.55. The molecule has 0 bridgehead atoms. The molecule has 0 amide bonds. The minimum absolute atomic E-state index is 0.0995. The molecule has 0 radical (unpaired) electrons.